The number of benzene rings is 3. The van der Waals surface area contributed by atoms with Crippen LogP contribution in [-0.2, 0) is 9.59 Å². The Labute approximate surface area is 164 Å². The van der Waals surface area contributed by atoms with E-state index >= 15 is 0 Å². The minimum absolute atomic E-state index is 0.0781. The second-order valence-corrected chi connectivity index (χ2v) is 7.21. The van der Waals surface area contributed by atoms with E-state index in [0.717, 1.165) is 46.2 Å². The smallest absolute Gasteiger partial charge is 0.243 e. The summed E-state index contributed by atoms with van der Waals surface area (Å²) in [5.41, 5.74) is 3.32. The summed E-state index contributed by atoms with van der Waals surface area (Å²) in [5.74, 6) is 0.111. The molecule has 0 aliphatic heterocycles. The van der Waals surface area contributed by atoms with Crippen molar-refractivity contribution in [3.63, 3.8) is 0 Å². The van der Waals surface area contributed by atoms with Crippen LogP contribution < -0.4 is 16.0 Å². The zero-order valence-corrected chi connectivity index (χ0v) is 15.8. The molecule has 5 heteroatoms. The quantitative estimate of drug-likeness (QED) is 0.594. The fourth-order valence-electron chi connectivity index (χ4n) is 3.19. The fraction of sp³-hybridized carbons (Fsp3) is 0.217. The van der Waals surface area contributed by atoms with E-state index in [-0.39, 0.29) is 24.3 Å². The van der Waals surface area contributed by atoms with Crippen LogP contribution in [-0.4, -0.2) is 18.4 Å². The summed E-state index contributed by atoms with van der Waals surface area (Å²) in [6, 6.07) is 19.6. The van der Waals surface area contributed by atoms with Gasteiger partial charge in [-0.1, -0.05) is 36.4 Å². The largest absolute Gasteiger partial charge is 0.376 e. The Hall–Kier alpha value is -3.34. The topological polar surface area (TPSA) is 70.2 Å². The van der Waals surface area contributed by atoms with Crippen molar-refractivity contribution in [3.05, 3.63) is 66.2 Å². The van der Waals surface area contributed by atoms with Crippen molar-refractivity contribution >= 4 is 39.6 Å². The number of carbonyl (C=O) groups is 2. The van der Waals surface area contributed by atoms with Crippen LogP contribution in [0.5, 0.6) is 0 Å². The molecular weight excluding hydrogens is 350 g/mol. The Bertz CT molecular complexity index is 1040. The molecule has 0 atom stereocenters. The molecule has 5 nitrogen and oxygen atoms in total. The average Bonchev–Trinajstić information content (AvgIpc) is 3.54. The first-order chi connectivity index (χ1) is 13.6. The van der Waals surface area contributed by atoms with Crippen molar-refractivity contribution in [3.8, 4) is 0 Å². The summed E-state index contributed by atoms with van der Waals surface area (Å²) in [7, 11) is 0. The maximum absolute atomic E-state index is 12.4. The highest BCUT2D eigenvalue weighted by Crippen LogP contribution is 2.31. The third kappa shape index (κ3) is 4.14. The van der Waals surface area contributed by atoms with E-state index in [2.05, 4.69) is 16.0 Å². The van der Waals surface area contributed by atoms with Gasteiger partial charge in [-0.2, -0.15) is 0 Å². The van der Waals surface area contributed by atoms with Crippen LogP contribution in [0.4, 0.5) is 17.1 Å². The Balaban J connectivity index is 1.38. The van der Waals surface area contributed by atoms with Gasteiger partial charge in [0.1, 0.15) is 0 Å². The lowest BCUT2D eigenvalue weighted by Crippen LogP contribution is -2.22. The van der Waals surface area contributed by atoms with Crippen molar-refractivity contribution in [2.45, 2.75) is 19.8 Å². The molecule has 0 radical (unpaired) electrons. The number of carbonyl (C=O) groups excluding carboxylic acids is 2. The molecule has 1 saturated carbocycles. The van der Waals surface area contributed by atoms with Crippen molar-refractivity contribution in [2.75, 3.05) is 22.5 Å². The molecule has 3 N–H and O–H groups in total. The minimum atomic E-state index is -0.123. The van der Waals surface area contributed by atoms with Crippen molar-refractivity contribution in [2.24, 2.45) is 5.92 Å². The molecule has 0 unspecified atom stereocenters. The van der Waals surface area contributed by atoms with Crippen molar-refractivity contribution < 1.29 is 9.59 Å². The van der Waals surface area contributed by atoms with Gasteiger partial charge in [-0.25, -0.2) is 0 Å². The first-order valence-corrected chi connectivity index (χ1v) is 9.53. The number of amides is 2. The standard InChI is InChI=1S/C23H23N3O2/c1-15-20(7-4-8-21(15)26-23(28)17-9-10-17)24-14-22(27)25-19-12-11-16-5-2-3-6-18(16)13-19/h2-8,11-13,17,24H,9-10,14H2,1H3,(H,25,27)(H,26,28). The van der Waals surface area contributed by atoms with Gasteiger partial charge >= 0.3 is 0 Å². The molecule has 1 aliphatic rings. The van der Waals surface area contributed by atoms with Gasteiger partial charge < -0.3 is 16.0 Å². The average molecular weight is 373 g/mol. The van der Waals surface area contributed by atoms with Gasteiger partial charge in [0.25, 0.3) is 0 Å². The normalized spacial score (nSPS) is 13.2. The molecule has 0 spiro atoms. The lowest BCUT2D eigenvalue weighted by molar-refractivity contribution is -0.117. The van der Waals surface area contributed by atoms with Gasteiger partial charge in [-0.15, -0.1) is 0 Å². The first kappa shape index (κ1) is 18.0. The summed E-state index contributed by atoms with van der Waals surface area (Å²) < 4.78 is 0. The molecule has 1 aliphatic carbocycles. The molecule has 1 fully saturated rings. The summed E-state index contributed by atoms with van der Waals surface area (Å²) >= 11 is 0. The van der Waals surface area contributed by atoms with E-state index < -0.39 is 0 Å². The first-order valence-electron chi connectivity index (χ1n) is 9.53. The lowest BCUT2D eigenvalue weighted by atomic mass is 10.1. The molecule has 0 bridgehead atoms. The van der Waals surface area contributed by atoms with Gasteiger partial charge in [0.2, 0.25) is 11.8 Å². The highest BCUT2D eigenvalue weighted by Gasteiger charge is 2.29. The number of nitrogens with one attached hydrogen (secondary N) is 3. The Morgan fingerprint density at radius 2 is 1.64 bits per heavy atom. The highest BCUT2D eigenvalue weighted by atomic mass is 16.2. The van der Waals surface area contributed by atoms with Crippen LogP contribution in [0.2, 0.25) is 0 Å². The monoisotopic (exact) mass is 373 g/mol. The molecule has 4 rings (SSSR count). The lowest BCUT2D eigenvalue weighted by Gasteiger charge is -2.14. The van der Waals surface area contributed by atoms with E-state index in [9.17, 15) is 9.59 Å². The Morgan fingerprint density at radius 1 is 0.893 bits per heavy atom. The van der Waals surface area contributed by atoms with E-state index in [1.165, 1.54) is 0 Å². The predicted molar refractivity (Wildman–Crippen MR) is 114 cm³/mol. The molecule has 2 amide bonds. The van der Waals surface area contributed by atoms with Crippen LogP contribution in [0.25, 0.3) is 10.8 Å². The van der Waals surface area contributed by atoms with Crippen molar-refractivity contribution in [1.29, 1.82) is 0 Å². The third-order valence-electron chi connectivity index (χ3n) is 5.01. The molecular formula is C23H23N3O2. The second-order valence-electron chi connectivity index (χ2n) is 7.21. The molecule has 3 aromatic carbocycles. The van der Waals surface area contributed by atoms with Crippen LogP contribution >= 0.6 is 0 Å². The SMILES string of the molecule is Cc1c(NCC(=O)Nc2ccc3ccccc3c2)cccc1NC(=O)C1CC1. The van der Waals surface area contributed by atoms with Crippen molar-refractivity contribution in [1.82, 2.24) is 0 Å². The number of hydrogen-bond donors (Lipinski definition) is 3. The Kier molecular flexibility index (Phi) is 4.98. The molecule has 0 aromatic heterocycles. The van der Waals surface area contributed by atoms with Gasteiger partial charge in [0.15, 0.2) is 0 Å². The minimum Gasteiger partial charge on any atom is -0.376 e. The van der Waals surface area contributed by atoms with Gasteiger partial charge in [0, 0.05) is 23.0 Å². The Morgan fingerprint density at radius 3 is 2.43 bits per heavy atom. The highest BCUT2D eigenvalue weighted by molar-refractivity contribution is 5.97. The number of hydrogen-bond acceptors (Lipinski definition) is 3. The van der Waals surface area contributed by atoms with Crippen LogP contribution in [0.15, 0.2) is 60.7 Å². The molecule has 3 aromatic rings. The maximum Gasteiger partial charge on any atom is 0.243 e. The summed E-state index contributed by atoms with van der Waals surface area (Å²) in [5, 5.41) is 11.3. The summed E-state index contributed by atoms with van der Waals surface area (Å²) in [4.78, 5) is 24.4. The third-order valence-corrected chi connectivity index (χ3v) is 5.01. The van der Waals surface area contributed by atoms with E-state index in [4.69, 9.17) is 0 Å². The molecule has 28 heavy (non-hydrogen) atoms. The molecule has 142 valence electrons. The summed E-state index contributed by atoms with van der Waals surface area (Å²) in [6.45, 7) is 2.08. The van der Waals surface area contributed by atoms with Crippen LogP contribution in [0, 0.1) is 12.8 Å². The van der Waals surface area contributed by atoms with Crippen LogP contribution in [0.3, 0.4) is 0 Å². The maximum atomic E-state index is 12.4. The summed E-state index contributed by atoms with van der Waals surface area (Å²) in [6.07, 6.45) is 1.94. The van der Waals surface area contributed by atoms with E-state index in [1.54, 1.807) is 0 Å². The number of rotatable bonds is 6. The van der Waals surface area contributed by atoms with Gasteiger partial charge in [-0.3, -0.25) is 9.59 Å². The number of anilines is 3. The molecule has 0 heterocycles. The van der Waals surface area contributed by atoms with Crippen LogP contribution in [0.1, 0.15) is 18.4 Å². The van der Waals surface area contributed by atoms with Gasteiger partial charge in [0.05, 0.1) is 6.54 Å². The fourth-order valence-corrected chi connectivity index (χ4v) is 3.19. The van der Waals surface area contributed by atoms with Gasteiger partial charge in [-0.05, 0) is 60.4 Å². The predicted octanol–water partition coefficient (Wildman–Crippen LogP) is 4.55. The number of fused-ring (bicyclic) bond motifs is 1. The second kappa shape index (κ2) is 7.72. The zero-order chi connectivity index (χ0) is 19.5. The zero-order valence-electron chi connectivity index (χ0n) is 15.8. The molecule has 0 saturated heterocycles. The van der Waals surface area contributed by atoms with E-state index in [1.807, 2.05) is 67.6 Å². The van der Waals surface area contributed by atoms with E-state index in [0.29, 0.717) is 0 Å².